The lowest BCUT2D eigenvalue weighted by atomic mass is 10.0. The first-order valence-electron chi connectivity index (χ1n) is 7.45. The minimum Gasteiger partial charge on any atom is -0.465 e. The van der Waals surface area contributed by atoms with Crippen LogP contribution >= 0.6 is 12.4 Å². The van der Waals surface area contributed by atoms with Gasteiger partial charge in [-0.2, -0.15) is 4.98 Å². The lowest BCUT2D eigenvalue weighted by molar-refractivity contribution is 0.0601. The summed E-state index contributed by atoms with van der Waals surface area (Å²) in [6.45, 7) is 2.12. The smallest absolute Gasteiger partial charge is 0.337 e. The molecule has 6 nitrogen and oxygen atoms in total. The maximum absolute atomic E-state index is 11.4. The van der Waals surface area contributed by atoms with E-state index in [-0.39, 0.29) is 18.4 Å². The predicted molar refractivity (Wildman–Crippen MR) is 85.6 cm³/mol. The van der Waals surface area contributed by atoms with Crippen molar-refractivity contribution in [2.75, 3.05) is 20.2 Å². The second-order valence-electron chi connectivity index (χ2n) is 6.07. The fourth-order valence-corrected chi connectivity index (χ4v) is 3.30. The SMILES string of the molecule is COC(=O)c1ccc(-c2noc(C3CC34CCNC4)n2)cc1.Cl. The summed E-state index contributed by atoms with van der Waals surface area (Å²) >= 11 is 0. The average Bonchev–Trinajstić information content (AvgIpc) is 2.94. The molecule has 23 heavy (non-hydrogen) atoms. The van der Waals surface area contributed by atoms with E-state index in [1.54, 1.807) is 24.3 Å². The molecule has 1 aliphatic heterocycles. The van der Waals surface area contributed by atoms with E-state index in [1.165, 1.54) is 13.5 Å². The Labute approximate surface area is 140 Å². The zero-order valence-electron chi connectivity index (χ0n) is 12.7. The van der Waals surface area contributed by atoms with Crippen LogP contribution in [0.3, 0.4) is 0 Å². The number of esters is 1. The van der Waals surface area contributed by atoms with Crippen molar-refractivity contribution in [2.45, 2.75) is 18.8 Å². The molecule has 2 fully saturated rings. The first-order valence-corrected chi connectivity index (χ1v) is 7.45. The standard InChI is InChI=1S/C16H17N3O3.ClH/c1-21-15(20)11-4-2-10(3-5-11)13-18-14(22-19-13)12-8-16(12)6-7-17-9-16;/h2-5,12,17H,6-9H2,1H3;1H. The first-order chi connectivity index (χ1) is 10.7. The average molecular weight is 336 g/mol. The highest BCUT2D eigenvalue weighted by atomic mass is 35.5. The molecule has 1 N–H and O–H groups in total. The Hall–Kier alpha value is -1.92. The van der Waals surface area contributed by atoms with Crippen molar-refractivity contribution in [3.8, 4) is 11.4 Å². The van der Waals surface area contributed by atoms with Gasteiger partial charge in [0, 0.05) is 18.0 Å². The van der Waals surface area contributed by atoms with Crippen molar-refractivity contribution in [1.82, 2.24) is 15.5 Å². The molecule has 1 aromatic carbocycles. The van der Waals surface area contributed by atoms with E-state index in [1.807, 2.05) is 0 Å². The van der Waals surface area contributed by atoms with Crippen LogP contribution in [0.1, 0.15) is 35.0 Å². The molecule has 1 aliphatic carbocycles. The predicted octanol–water partition coefficient (Wildman–Crippen LogP) is 2.41. The van der Waals surface area contributed by atoms with Gasteiger partial charge in [0.15, 0.2) is 0 Å². The van der Waals surface area contributed by atoms with Gasteiger partial charge in [-0.05, 0) is 36.9 Å². The minimum atomic E-state index is -0.353. The monoisotopic (exact) mass is 335 g/mol. The third kappa shape index (κ3) is 2.72. The molecule has 1 aromatic heterocycles. The van der Waals surface area contributed by atoms with Gasteiger partial charge in [0.25, 0.3) is 0 Å². The largest absolute Gasteiger partial charge is 0.465 e. The Kier molecular flexibility index (Phi) is 4.12. The molecule has 4 rings (SSSR count). The van der Waals surface area contributed by atoms with Crippen molar-refractivity contribution in [3.05, 3.63) is 35.7 Å². The second-order valence-corrected chi connectivity index (χ2v) is 6.07. The third-order valence-electron chi connectivity index (χ3n) is 4.77. The van der Waals surface area contributed by atoms with E-state index in [0.29, 0.717) is 22.7 Å². The summed E-state index contributed by atoms with van der Waals surface area (Å²) < 4.78 is 10.1. The number of hydrogen-bond acceptors (Lipinski definition) is 6. The molecule has 122 valence electrons. The fraction of sp³-hybridized carbons (Fsp3) is 0.438. The normalized spacial score (nSPS) is 25.2. The number of halogens is 1. The number of ether oxygens (including phenoxy) is 1. The van der Waals surface area contributed by atoms with Gasteiger partial charge in [0.1, 0.15) is 0 Å². The highest BCUT2D eigenvalue weighted by Gasteiger charge is 2.58. The second kappa shape index (κ2) is 5.94. The zero-order chi connectivity index (χ0) is 15.2. The van der Waals surface area contributed by atoms with E-state index in [9.17, 15) is 4.79 Å². The van der Waals surface area contributed by atoms with Crippen LogP contribution in [0.2, 0.25) is 0 Å². The number of benzene rings is 1. The number of rotatable bonds is 3. The summed E-state index contributed by atoms with van der Waals surface area (Å²) in [5.41, 5.74) is 1.69. The van der Waals surface area contributed by atoms with E-state index in [0.717, 1.165) is 31.0 Å². The quantitative estimate of drug-likeness (QED) is 0.868. The molecule has 0 bridgehead atoms. The van der Waals surface area contributed by atoms with Gasteiger partial charge in [-0.1, -0.05) is 17.3 Å². The number of carbonyl (C=O) groups is 1. The highest BCUT2D eigenvalue weighted by molar-refractivity contribution is 5.89. The van der Waals surface area contributed by atoms with Gasteiger partial charge in [0.05, 0.1) is 12.7 Å². The van der Waals surface area contributed by atoms with E-state index in [4.69, 9.17) is 4.52 Å². The molecule has 2 aromatic rings. The topological polar surface area (TPSA) is 77.2 Å². The van der Waals surface area contributed by atoms with Crippen LogP contribution < -0.4 is 5.32 Å². The molecule has 1 spiro atoms. The minimum absolute atomic E-state index is 0. The van der Waals surface area contributed by atoms with E-state index in [2.05, 4.69) is 20.2 Å². The summed E-state index contributed by atoms with van der Waals surface area (Å²) in [5, 5.41) is 7.48. The molecule has 2 heterocycles. The number of nitrogens with zero attached hydrogens (tertiary/aromatic N) is 2. The molecular weight excluding hydrogens is 318 g/mol. The van der Waals surface area contributed by atoms with Gasteiger partial charge in [-0.25, -0.2) is 4.79 Å². The molecule has 2 atom stereocenters. The van der Waals surface area contributed by atoms with Crippen LogP contribution in [-0.2, 0) is 4.74 Å². The van der Waals surface area contributed by atoms with Crippen LogP contribution in [0.25, 0.3) is 11.4 Å². The molecule has 2 aliphatic rings. The highest BCUT2D eigenvalue weighted by Crippen LogP contribution is 2.62. The van der Waals surface area contributed by atoms with Gasteiger partial charge in [-0.3, -0.25) is 0 Å². The van der Waals surface area contributed by atoms with E-state index < -0.39 is 0 Å². The Bertz CT molecular complexity index is 708. The number of aromatic nitrogens is 2. The van der Waals surface area contributed by atoms with Crippen LogP contribution in [0.4, 0.5) is 0 Å². The molecular formula is C16H18ClN3O3. The number of hydrogen-bond donors (Lipinski definition) is 1. The summed E-state index contributed by atoms with van der Waals surface area (Å²) in [7, 11) is 1.37. The van der Waals surface area contributed by atoms with Crippen LogP contribution in [-0.4, -0.2) is 36.3 Å². The molecule has 1 saturated carbocycles. The van der Waals surface area contributed by atoms with E-state index >= 15 is 0 Å². The van der Waals surface area contributed by atoms with Crippen molar-refractivity contribution in [3.63, 3.8) is 0 Å². The fourth-order valence-electron chi connectivity index (χ4n) is 3.30. The van der Waals surface area contributed by atoms with Crippen LogP contribution in [0.5, 0.6) is 0 Å². The molecule has 1 saturated heterocycles. The Balaban J connectivity index is 0.00000156. The number of nitrogens with one attached hydrogen (secondary N) is 1. The van der Waals surface area contributed by atoms with Gasteiger partial charge in [0.2, 0.25) is 11.7 Å². The van der Waals surface area contributed by atoms with Crippen LogP contribution in [0, 0.1) is 5.41 Å². The number of carbonyl (C=O) groups excluding carboxylic acids is 1. The summed E-state index contributed by atoms with van der Waals surface area (Å²) in [6, 6.07) is 7.02. The lowest BCUT2D eigenvalue weighted by Crippen LogP contribution is -2.10. The molecule has 7 heteroatoms. The summed E-state index contributed by atoms with van der Waals surface area (Å²) in [4.78, 5) is 16.0. The zero-order valence-corrected chi connectivity index (χ0v) is 13.6. The van der Waals surface area contributed by atoms with Crippen molar-refractivity contribution in [1.29, 1.82) is 0 Å². The Morgan fingerprint density at radius 3 is 2.83 bits per heavy atom. The Morgan fingerprint density at radius 2 is 2.17 bits per heavy atom. The van der Waals surface area contributed by atoms with Crippen molar-refractivity contribution < 1.29 is 14.1 Å². The maximum Gasteiger partial charge on any atom is 0.337 e. The van der Waals surface area contributed by atoms with Crippen molar-refractivity contribution >= 4 is 18.4 Å². The third-order valence-corrected chi connectivity index (χ3v) is 4.77. The van der Waals surface area contributed by atoms with Gasteiger partial charge in [-0.15, -0.1) is 12.4 Å². The Morgan fingerprint density at radius 1 is 1.39 bits per heavy atom. The van der Waals surface area contributed by atoms with Crippen LogP contribution in [0.15, 0.2) is 28.8 Å². The van der Waals surface area contributed by atoms with Gasteiger partial charge >= 0.3 is 5.97 Å². The lowest BCUT2D eigenvalue weighted by Gasteiger charge is -2.02. The number of methoxy groups -OCH3 is 1. The molecule has 0 amide bonds. The molecule has 2 unspecified atom stereocenters. The summed E-state index contributed by atoms with van der Waals surface area (Å²) in [6.07, 6.45) is 2.31. The molecule has 0 radical (unpaired) electrons. The first kappa shape index (κ1) is 16.0. The van der Waals surface area contributed by atoms with Crippen molar-refractivity contribution in [2.24, 2.45) is 5.41 Å². The maximum atomic E-state index is 11.4. The summed E-state index contributed by atoms with van der Waals surface area (Å²) in [5.74, 6) is 1.34. The van der Waals surface area contributed by atoms with Gasteiger partial charge < -0.3 is 14.6 Å².